The molecule has 3 rings (SSSR count). The van der Waals surface area contributed by atoms with Crippen LogP contribution in [-0.4, -0.2) is 56.8 Å². The standard InChI is InChI=1S/C21H27N3O5S/c1-28-19-9-7-17(8-10-19)15-23-11-4-12-24(30(23,26)27)16-21(25)22-14-18-5-3-6-20(13-18)29-2/h3,5-10,13H,4,11-12,14-16H2,1-2H3,(H,22,25). The first-order chi connectivity index (χ1) is 14.4. The highest BCUT2D eigenvalue weighted by atomic mass is 32.2. The summed E-state index contributed by atoms with van der Waals surface area (Å²) in [5.74, 6) is 1.08. The van der Waals surface area contributed by atoms with Gasteiger partial charge in [0.15, 0.2) is 0 Å². The van der Waals surface area contributed by atoms with E-state index in [1.807, 2.05) is 36.4 Å². The Hall–Kier alpha value is -2.62. The van der Waals surface area contributed by atoms with Crippen LogP contribution >= 0.6 is 0 Å². The van der Waals surface area contributed by atoms with E-state index in [-0.39, 0.29) is 19.0 Å². The summed E-state index contributed by atoms with van der Waals surface area (Å²) in [5, 5.41) is 2.78. The van der Waals surface area contributed by atoms with Gasteiger partial charge >= 0.3 is 0 Å². The highest BCUT2D eigenvalue weighted by Gasteiger charge is 2.34. The number of hydrogen-bond acceptors (Lipinski definition) is 5. The molecule has 2 aromatic rings. The highest BCUT2D eigenvalue weighted by Crippen LogP contribution is 2.20. The molecule has 0 unspecified atom stereocenters. The van der Waals surface area contributed by atoms with Crippen molar-refractivity contribution in [3.05, 3.63) is 59.7 Å². The molecule has 0 aromatic heterocycles. The quantitative estimate of drug-likeness (QED) is 0.686. The van der Waals surface area contributed by atoms with Gasteiger partial charge in [0.1, 0.15) is 11.5 Å². The second kappa shape index (κ2) is 9.92. The molecule has 0 bridgehead atoms. The monoisotopic (exact) mass is 433 g/mol. The van der Waals surface area contributed by atoms with Crippen molar-refractivity contribution in [3.8, 4) is 11.5 Å². The van der Waals surface area contributed by atoms with E-state index >= 15 is 0 Å². The topological polar surface area (TPSA) is 88.2 Å². The van der Waals surface area contributed by atoms with Crippen LogP contribution in [0.3, 0.4) is 0 Å². The number of rotatable bonds is 8. The molecule has 0 saturated carbocycles. The lowest BCUT2D eigenvalue weighted by Gasteiger charge is -2.34. The molecule has 1 amide bonds. The fourth-order valence-corrected chi connectivity index (χ4v) is 4.91. The zero-order valence-electron chi connectivity index (χ0n) is 17.2. The number of methoxy groups -OCH3 is 2. The van der Waals surface area contributed by atoms with Gasteiger partial charge < -0.3 is 14.8 Å². The molecule has 0 radical (unpaired) electrons. The maximum atomic E-state index is 13.0. The van der Waals surface area contributed by atoms with Crippen molar-refractivity contribution in [2.45, 2.75) is 19.5 Å². The van der Waals surface area contributed by atoms with Crippen LogP contribution in [0.2, 0.25) is 0 Å². The maximum Gasteiger partial charge on any atom is 0.282 e. The zero-order chi connectivity index (χ0) is 21.6. The van der Waals surface area contributed by atoms with E-state index in [1.165, 1.54) is 8.61 Å². The van der Waals surface area contributed by atoms with E-state index in [0.717, 1.165) is 16.9 Å². The molecule has 1 heterocycles. The second-order valence-electron chi connectivity index (χ2n) is 7.00. The summed E-state index contributed by atoms with van der Waals surface area (Å²) in [4.78, 5) is 12.4. The van der Waals surface area contributed by atoms with Gasteiger partial charge in [-0.15, -0.1) is 0 Å². The first-order valence-corrected chi connectivity index (χ1v) is 11.1. The smallest absolute Gasteiger partial charge is 0.282 e. The molecule has 162 valence electrons. The normalized spacial score (nSPS) is 16.7. The summed E-state index contributed by atoms with van der Waals surface area (Å²) in [6.07, 6.45) is 0.665. The van der Waals surface area contributed by atoms with Crippen molar-refractivity contribution in [1.29, 1.82) is 0 Å². The van der Waals surface area contributed by atoms with Crippen molar-refractivity contribution in [1.82, 2.24) is 13.9 Å². The number of nitrogens with one attached hydrogen (secondary N) is 1. The third kappa shape index (κ3) is 5.50. The van der Waals surface area contributed by atoms with Crippen LogP contribution in [0.4, 0.5) is 0 Å². The SMILES string of the molecule is COc1ccc(CN2CCCN(CC(=O)NCc3cccc(OC)c3)S2(=O)=O)cc1. The van der Waals surface area contributed by atoms with E-state index in [4.69, 9.17) is 9.47 Å². The van der Waals surface area contributed by atoms with Gasteiger partial charge in [-0.25, -0.2) is 0 Å². The molecule has 1 aliphatic heterocycles. The number of carbonyl (C=O) groups is 1. The first kappa shape index (κ1) is 22.1. The minimum absolute atomic E-state index is 0.203. The molecule has 1 fully saturated rings. The van der Waals surface area contributed by atoms with E-state index < -0.39 is 10.2 Å². The van der Waals surface area contributed by atoms with Crippen LogP contribution < -0.4 is 14.8 Å². The second-order valence-corrected chi connectivity index (χ2v) is 8.93. The average molecular weight is 434 g/mol. The Bertz CT molecular complexity index is 963. The Balaban J connectivity index is 1.58. The van der Waals surface area contributed by atoms with Gasteiger partial charge in [-0.05, 0) is 41.8 Å². The first-order valence-electron chi connectivity index (χ1n) is 9.70. The van der Waals surface area contributed by atoms with Crippen LogP contribution in [0.25, 0.3) is 0 Å². The molecule has 1 saturated heterocycles. The van der Waals surface area contributed by atoms with Crippen LogP contribution in [0.1, 0.15) is 17.5 Å². The van der Waals surface area contributed by atoms with Crippen molar-refractivity contribution < 1.29 is 22.7 Å². The number of benzene rings is 2. The Kier molecular flexibility index (Phi) is 7.30. The minimum Gasteiger partial charge on any atom is -0.497 e. The minimum atomic E-state index is -3.71. The molecule has 1 aliphatic rings. The van der Waals surface area contributed by atoms with Gasteiger partial charge in [0.25, 0.3) is 10.2 Å². The average Bonchev–Trinajstić information content (AvgIpc) is 2.76. The Morgan fingerprint density at radius 2 is 1.67 bits per heavy atom. The number of hydrogen-bond donors (Lipinski definition) is 1. The number of amides is 1. The fraction of sp³-hybridized carbons (Fsp3) is 0.381. The number of nitrogens with zero attached hydrogens (tertiary/aromatic N) is 2. The largest absolute Gasteiger partial charge is 0.497 e. The fourth-order valence-electron chi connectivity index (χ4n) is 3.27. The van der Waals surface area contributed by atoms with Crippen molar-refractivity contribution in [3.63, 3.8) is 0 Å². The summed E-state index contributed by atoms with van der Waals surface area (Å²) in [5.41, 5.74) is 1.74. The summed E-state index contributed by atoms with van der Waals surface area (Å²) >= 11 is 0. The summed E-state index contributed by atoms with van der Waals surface area (Å²) in [6.45, 7) is 1.11. The van der Waals surface area contributed by atoms with E-state index in [9.17, 15) is 13.2 Å². The molecule has 2 aromatic carbocycles. The number of carbonyl (C=O) groups excluding carboxylic acids is 1. The lowest BCUT2D eigenvalue weighted by molar-refractivity contribution is -0.121. The molecular weight excluding hydrogens is 406 g/mol. The van der Waals surface area contributed by atoms with Gasteiger partial charge in [-0.2, -0.15) is 17.0 Å². The number of ether oxygens (including phenoxy) is 2. The predicted molar refractivity (Wildman–Crippen MR) is 113 cm³/mol. The van der Waals surface area contributed by atoms with E-state index in [0.29, 0.717) is 31.8 Å². The van der Waals surface area contributed by atoms with Gasteiger partial charge in [0.05, 0.1) is 20.8 Å². The molecule has 30 heavy (non-hydrogen) atoms. The van der Waals surface area contributed by atoms with Crippen LogP contribution in [-0.2, 0) is 28.1 Å². The summed E-state index contributed by atoms with van der Waals surface area (Å²) < 4.78 is 38.9. The van der Waals surface area contributed by atoms with Crippen LogP contribution in [0.5, 0.6) is 11.5 Å². The third-order valence-corrected chi connectivity index (χ3v) is 6.86. The van der Waals surface area contributed by atoms with Crippen molar-refractivity contribution >= 4 is 16.1 Å². The lowest BCUT2D eigenvalue weighted by atomic mass is 10.2. The van der Waals surface area contributed by atoms with Crippen molar-refractivity contribution in [2.75, 3.05) is 33.9 Å². The molecule has 0 spiro atoms. The molecule has 1 N–H and O–H groups in total. The van der Waals surface area contributed by atoms with Crippen LogP contribution in [0.15, 0.2) is 48.5 Å². The van der Waals surface area contributed by atoms with Gasteiger partial charge in [0.2, 0.25) is 5.91 Å². The maximum absolute atomic E-state index is 13.0. The lowest BCUT2D eigenvalue weighted by Crippen LogP contribution is -2.52. The Labute approximate surface area is 177 Å². The van der Waals surface area contributed by atoms with Crippen LogP contribution in [0, 0.1) is 0 Å². The van der Waals surface area contributed by atoms with E-state index in [1.54, 1.807) is 26.4 Å². The van der Waals surface area contributed by atoms with Crippen molar-refractivity contribution in [2.24, 2.45) is 0 Å². The molecule has 9 heteroatoms. The molecule has 0 atom stereocenters. The summed E-state index contributed by atoms with van der Waals surface area (Å²) in [7, 11) is -0.548. The molecule has 0 aliphatic carbocycles. The van der Waals surface area contributed by atoms with Gasteiger partial charge in [-0.3, -0.25) is 4.79 Å². The zero-order valence-corrected chi connectivity index (χ0v) is 18.0. The predicted octanol–water partition coefficient (Wildman–Crippen LogP) is 1.77. The molecule has 8 nitrogen and oxygen atoms in total. The van der Waals surface area contributed by atoms with Gasteiger partial charge in [0, 0.05) is 26.2 Å². The Morgan fingerprint density at radius 1 is 0.967 bits per heavy atom. The van der Waals surface area contributed by atoms with Gasteiger partial charge in [-0.1, -0.05) is 24.3 Å². The summed E-state index contributed by atoms with van der Waals surface area (Å²) in [6, 6.07) is 14.6. The Morgan fingerprint density at radius 3 is 2.37 bits per heavy atom. The highest BCUT2D eigenvalue weighted by molar-refractivity contribution is 7.86. The molecular formula is C21H27N3O5S. The third-order valence-electron chi connectivity index (χ3n) is 4.93. The van der Waals surface area contributed by atoms with E-state index in [2.05, 4.69) is 5.32 Å².